The van der Waals surface area contributed by atoms with Gasteiger partial charge in [0.1, 0.15) is 6.04 Å². The minimum atomic E-state index is -0.756. The number of carboxylic acid groups (broad SMARTS) is 1. The van der Waals surface area contributed by atoms with Crippen molar-refractivity contribution in [2.75, 3.05) is 6.54 Å². The minimum absolute atomic E-state index is 0.431. The topological polar surface area (TPSA) is 79.5 Å². The highest BCUT2D eigenvalue weighted by molar-refractivity contribution is 5.73. The summed E-state index contributed by atoms with van der Waals surface area (Å²) in [4.78, 5) is 17.5. The average molecular weight is 267 g/mol. The third-order valence-corrected chi connectivity index (χ3v) is 3.85. The summed E-state index contributed by atoms with van der Waals surface area (Å²) in [6.45, 7) is 5.28. The van der Waals surface area contributed by atoms with Crippen molar-refractivity contribution >= 4 is 5.97 Å². The van der Waals surface area contributed by atoms with E-state index in [1.807, 2.05) is 11.8 Å². The number of hydrogen-bond donors (Lipinski definition) is 1. The van der Waals surface area contributed by atoms with Gasteiger partial charge in [-0.05, 0) is 25.3 Å². The van der Waals surface area contributed by atoms with E-state index >= 15 is 0 Å². The summed E-state index contributed by atoms with van der Waals surface area (Å²) in [7, 11) is 0. The van der Waals surface area contributed by atoms with E-state index in [-0.39, 0.29) is 0 Å². The fourth-order valence-corrected chi connectivity index (χ4v) is 2.58. The summed E-state index contributed by atoms with van der Waals surface area (Å²) in [6.07, 6.45) is 3.51. The van der Waals surface area contributed by atoms with E-state index in [1.165, 1.54) is 0 Å². The number of hydrogen-bond acceptors (Lipinski definition) is 5. The fourth-order valence-electron chi connectivity index (χ4n) is 2.58. The summed E-state index contributed by atoms with van der Waals surface area (Å²) in [6, 6.07) is -0.435. The lowest BCUT2D eigenvalue weighted by molar-refractivity contribution is -0.146. The molecule has 1 saturated heterocycles. The van der Waals surface area contributed by atoms with Gasteiger partial charge in [0.25, 0.3) is 0 Å². The Morgan fingerprint density at radius 3 is 2.89 bits per heavy atom. The lowest BCUT2D eigenvalue weighted by Crippen LogP contribution is -2.46. The van der Waals surface area contributed by atoms with Crippen LogP contribution in [0.5, 0.6) is 0 Å². The molecule has 1 fully saturated rings. The third-order valence-electron chi connectivity index (χ3n) is 3.85. The lowest BCUT2D eigenvalue weighted by atomic mass is 9.89. The predicted molar refractivity (Wildman–Crippen MR) is 68.5 cm³/mol. The SMILES string of the molecule is CCc1noc(CN2CCC(CC)CC2C(=O)O)n1. The first-order valence-corrected chi connectivity index (χ1v) is 6.92. The highest BCUT2D eigenvalue weighted by Gasteiger charge is 2.33. The normalized spacial score (nSPS) is 24.5. The van der Waals surface area contributed by atoms with Crippen LogP contribution in [0, 0.1) is 5.92 Å². The molecule has 19 heavy (non-hydrogen) atoms. The molecule has 2 rings (SSSR count). The van der Waals surface area contributed by atoms with E-state index in [1.54, 1.807) is 0 Å². The monoisotopic (exact) mass is 267 g/mol. The van der Waals surface area contributed by atoms with Gasteiger partial charge in [-0.25, -0.2) is 0 Å². The second kappa shape index (κ2) is 6.14. The van der Waals surface area contributed by atoms with Crippen molar-refractivity contribution in [2.24, 2.45) is 5.92 Å². The van der Waals surface area contributed by atoms with Gasteiger partial charge >= 0.3 is 5.97 Å². The van der Waals surface area contributed by atoms with Crippen molar-refractivity contribution in [1.29, 1.82) is 0 Å². The molecule has 0 radical (unpaired) electrons. The van der Waals surface area contributed by atoms with E-state index in [2.05, 4.69) is 17.1 Å². The maximum Gasteiger partial charge on any atom is 0.320 e. The molecule has 106 valence electrons. The number of aryl methyl sites for hydroxylation is 1. The summed E-state index contributed by atoms with van der Waals surface area (Å²) in [5, 5.41) is 13.2. The van der Waals surface area contributed by atoms with Gasteiger partial charge in [-0.15, -0.1) is 0 Å². The van der Waals surface area contributed by atoms with E-state index in [4.69, 9.17) is 4.52 Å². The molecule has 2 unspecified atom stereocenters. The Kier molecular flexibility index (Phi) is 4.52. The van der Waals surface area contributed by atoms with Crippen molar-refractivity contribution < 1.29 is 14.4 Å². The molecule has 2 heterocycles. The number of rotatable bonds is 5. The Morgan fingerprint density at radius 2 is 2.32 bits per heavy atom. The number of nitrogens with zero attached hydrogens (tertiary/aromatic N) is 3. The van der Waals surface area contributed by atoms with Crippen LogP contribution in [-0.4, -0.2) is 38.7 Å². The maximum absolute atomic E-state index is 11.4. The first-order valence-electron chi connectivity index (χ1n) is 6.92. The number of carboxylic acids is 1. The average Bonchev–Trinajstić information content (AvgIpc) is 2.86. The van der Waals surface area contributed by atoms with Gasteiger partial charge < -0.3 is 9.63 Å². The van der Waals surface area contributed by atoms with Crippen molar-refractivity contribution in [3.63, 3.8) is 0 Å². The molecule has 6 heteroatoms. The molecule has 6 nitrogen and oxygen atoms in total. The standard InChI is InChI=1S/C13H21N3O3/c1-3-9-5-6-16(10(7-9)13(17)18)8-12-14-11(4-2)15-19-12/h9-10H,3-8H2,1-2H3,(H,17,18). The Labute approximate surface area is 112 Å². The lowest BCUT2D eigenvalue weighted by Gasteiger charge is -2.35. The van der Waals surface area contributed by atoms with Gasteiger partial charge in [0.2, 0.25) is 5.89 Å². The Bertz CT molecular complexity index is 433. The molecule has 1 aromatic heterocycles. The van der Waals surface area contributed by atoms with Crippen LogP contribution in [0.3, 0.4) is 0 Å². The van der Waals surface area contributed by atoms with Gasteiger partial charge in [0, 0.05) is 6.42 Å². The van der Waals surface area contributed by atoms with Gasteiger partial charge in [-0.1, -0.05) is 25.4 Å². The first-order chi connectivity index (χ1) is 9.13. The van der Waals surface area contributed by atoms with E-state index in [9.17, 15) is 9.90 Å². The quantitative estimate of drug-likeness (QED) is 0.874. The molecule has 0 saturated carbocycles. The maximum atomic E-state index is 11.4. The molecule has 1 aliphatic rings. The Hall–Kier alpha value is -1.43. The summed E-state index contributed by atoms with van der Waals surface area (Å²) in [5.74, 6) is 0.933. The molecule has 0 aliphatic carbocycles. The highest BCUT2D eigenvalue weighted by Crippen LogP contribution is 2.26. The molecule has 1 aromatic rings. The molecule has 0 aromatic carbocycles. The molecule has 2 atom stereocenters. The molecular formula is C13H21N3O3. The zero-order valence-corrected chi connectivity index (χ0v) is 11.5. The predicted octanol–water partition coefficient (Wildman–Crippen LogP) is 1.71. The van der Waals surface area contributed by atoms with E-state index < -0.39 is 12.0 Å². The van der Waals surface area contributed by atoms with Crippen LogP contribution in [-0.2, 0) is 17.8 Å². The third kappa shape index (κ3) is 3.32. The van der Waals surface area contributed by atoms with Crippen molar-refractivity contribution in [1.82, 2.24) is 15.0 Å². The van der Waals surface area contributed by atoms with E-state index in [0.29, 0.717) is 30.6 Å². The van der Waals surface area contributed by atoms with Gasteiger partial charge in [0.05, 0.1) is 6.54 Å². The van der Waals surface area contributed by atoms with Crippen LogP contribution >= 0.6 is 0 Å². The fraction of sp³-hybridized carbons (Fsp3) is 0.769. The molecule has 1 N–H and O–H groups in total. The van der Waals surface area contributed by atoms with Crippen LogP contribution in [0.4, 0.5) is 0 Å². The molecule has 0 spiro atoms. The van der Waals surface area contributed by atoms with Crippen molar-refractivity contribution in [2.45, 2.75) is 52.1 Å². The Balaban J connectivity index is 2.03. The van der Waals surface area contributed by atoms with Gasteiger partial charge in [-0.2, -0.15) is 4.98 Å². The van der Waals surface area contributed by atoms with Gasteiger partial charge in [0.15, 0.2) is 5.82 Å². The van der Waals surface area contributed by atoms with Crippen LogP contribution in [0.1, 0.15) is 44.8 Å². The van der Waals surface area contributed by atoms with Crippen LogP contribution in [0.15, 0.2) is 4.52 Å². The Morgan fingerprint density at radius 1 is 1.53 bits per heavy atom. The smallest absolute Gasteiger partial charge is 0.320 e. The van der Waals surface area contributed by atoms with Crippen LogP contribution in [0.2, 0.25) is 0 Å². The van der Waals surface area contributed by atoms with Gasteiger partial charge in [-0.3, -0.25) is 9.69 Å². The molecule has 1 aliphatic heterocycles. The number of aliphatic carboxylic acids is 1. The first kappa shape index (κ1) is 14.0. The molecular weight excluding hydrogens is 246 g/mol. The van der Waals surface area contributed by atoms with Crippen molar-refractivity contribution in [3.05, 3.63) is 11.7 Å². The number of piperidine rings is 1. The second-order valence-electron chi connectivity index (χ2n) is 5.08. The highest BCUT2D eigenvalue weighted by atomic mass is 16.5. The van der Waals surface area contributed by atoms with Crippen LogP contribution < -0.4 is 0 Å². The number of aromatic nitrogens is 2. The van der Waals surface area contributed by atoms with Crippen LogP contribution in [0.25, 0.3) is 0 Å². The number of carbonyl (C=O) groups is 1. The summed E-state index contributed by atoms with van der Waals surface area (Å²) < 4.78 is 5.14. The molecule has 0 amide bonds. The largest absolute Gasteiger partial charge is 0.480 e. The molecule has 0 bridgehead atoms. The van der Waals surface area contributed by atoms with E-state index in [0.717, 1.165) is 25.8 Å². The minimum Gasteiger partial charge on any atom is -0.480 e. The summed E-state index contributed by atoms with van der Waals surface area (Å²) in [5.41, 5.74) is 0. The summed E-state index contributed by atoms with van der Waals surface area (Å²) >= 11 is 0. The second-order valence-corrected chi connectivity index (χ2v) is 5.08. The zero-order valence-electron chi connectivity index (χ0n) is 11.5. The van der Waals surface area contributed by atoms with Crippen molar-refractivity contribution in [3.8, 4) is 0 Å². The number of likely N-dealkylation sites (tertiary alicyclic amines) is 1. The zero-order chi connectivity index (χ0) is 13.8.